The van der Waals surface area contributed by atoms with Crippen molar-refractivity contribution in [3.8, 4) is 11.5 Å². The Kier molecular flexibility index (Phi) is 6.84. The summed E-state index contributed by atoms with van der Waals surface area (Å²) in [6.45, 7) is 0.541. The van der Waals surface area contributed by atoms with E-state index >= 15 is 0 Å². The van der Waals surface area contributed by atoms with Gasteiger partial charge in [0.2, 0.25) is 5.91 Å². The number of ether oxygens (including phenoxy) is 2. The summed E-state index contributed by atoms with van der Waals surface area (Å²) in [6, 6.07) is 12.9. The molecule has 7 heteroatoms. The molecule has 3 rings (SSSR count). The largest absolute Gasteiger partial charge is 0.493 e. The number of methoxy groups -OCH3 is 2. The average molecular weight is 395 g/mol. The number of carbonyl (C=O) groups excluding carboxylic acids is 1. The van der Waals surface area contributed by atoms with Gasteiger partial charge in [-0.25, -0.2) is 4.98 Å². The highest BCUT2D eigenvalue weighted by Crippen LogP contribution is 2.27. The SMILES string of the molecule is COc1ccc(CCNC(=O)CCCc2nc3ccccc3c(=O)[nH]2)cc1OC. The quantitative estimate of drug-likeness (QED) is 0.581. The normalized spacial score (nSPS) is 10.7. The molecule has 0 unspecified atom stereocenters. The van der Waals surface area contributed by atoms with Crippen LogP contribution in [0.1, 0.15) is 24.2 Å². The van der Waals surface area contributed by atoms with Gasteiger partial charge in [0.1, 0.15) is 5.82 Å². The van der Waals surface area contributed by atoms with E-state index in [-0.39, 0.29) is 11.5 Å². The van der Waals surface area contributed by atoms with Crippen molar-refractivity contribution in [2.45, 2.75) is 25.7 Å². The Morgan fingerprint density at radius 2 is 1.86 bits per heavy atom. The molecule has 0 bridgehead atoms. The Balaban J connectivity index is 1.44. The summed E-state index contributed by atoms with van der Waals surface area (Å²) in [6.07, 6.45) is 2.24. The maximum atomic E-state index is 12.1. The van der Waals surface area contributed by atoms with Crippen molar-refractivity contribution in [3.05, 3.63) is 64.2 Å². The molecule has 0 saturated heterocycles. The fourth-order valence-electron chi connectivity index (χ4n) is 3.14. The Morgan fingerprint density at radius 3 is 2.66 bits per heavy atom. The molecule has 29 heavy (non-hydrogen) atoms. The third-order valence-electron chi connectivity index (χ3n) is 4.66. The Labute approximate surface area is 169 Å². The summed E-state index contributed by atoms with van der Waals surface area (Å²) in [7, 11) is 3.20. The number of H-pyrrole nitrogens is 1. The maximum Gasteiger partial charge on any atom is 0.258 e. The van der Waals surface area contributed by atoms with Crippen molar-refractivity contribution in [1.29, 1.82) is 0 Å². The Bertz CT molecular complexity index is 1050. The lowest BCUT2D eigenvalue weighted by Crippen LogP contribution is -2.25. The molecule has 0 radical (unpaired) electrons. The number of rotatable bonds is 9. The van der Waals surface area contributed by atoms with Gasteiger partial charge in [-0.1, -0.05) is 18.2 Å². The second kappa shape index (κ2) is 9.73. The number of carbonyl (C=O) groups is 1. The third kappa shape index (κ3) is 5.34. The molecule has 0 saturated carbocycles. The van der Waals surface area contributed by atoms with Gasteiger partial charge >= 0.3 is 0 Å². The fourth-order valence-corrected chi connectivity index (χ4v) is 3.14. The number of aromatic nitrogens is 2. The summed E-state index contributed by atoms with van der Waals surface area (Å²) in [5.74, 6) is 1.94. The summed E-state index contributed by atoms with van der Waals surface area (Å²) < 4.78 is 10.5. The molecule has 152 valence electrons. The smallest absolute Gasteiger partial charge is 0.258 e. The van der Waals surface area contributed by atoms with E-state index in [9.17, 15) is 9.59 Å². The van der Waals surface area contributed by atoms with Crippen molar-refractivity contribution < 1.29 is 14.3 Å². The molecule has 1 heterocycles. The minimum absolute atomic E-state index is 0.0198. The zero-order valence-corrected chi connectivity index (χ0v) is 16.7. The first-order valence-electron chi connectivity index (χ1n) is 9.56. The summed E-state index contributed by atoms with van der Waals surface area (Å²) >= 11 is 0. The molecule has 1 aromatic heterocycles. The van der Waals surface area contributed by atoms with Crippen molar-refractivity contribution in [1.82, 2.24) is 15.3 Å². The van der Waals surface area contributed by atoms with Gasteiger partial charge in [0.25, 0.3) is 5.56 Å². The highest BCUT2D eigenvalue weighted by atomic mass is 16.5. The monoisotopic (exact) mass is 395 g/mol. The lowest BCUT2D eigenvalue weighted by molar-refractivity contribution is -0.121. The minimum atomic E-state index is -0.148. The van der Waals surface area contributed by atoms with E-state index in [4.69, 9.17) is 9.47 Å². The Hall–Kier alpha value is -3.35. The lowest BCUT2D eigenvalue weighted by Gasteiger charge is -2.10. The highest BCUT2D eigenvalue weighted by molar-refractivity contribution is 5.77. The topological polar surface area (TPSA) is 93.3 Å². The second-order valence-electron chi connectivity index (χ2n) is 6.67. The first-order valence-corrected chi connectivity index (χ1v) is 9.56. The van der Waals surface area contributed by atoms with Crippen molar-refractivity contribution in [3.63, 3.8) is 0 Å². The summed E-state index contributed by atoms with van der Waals surface area (Å²) in [4.78, 5) is 31.4. The van der Waals surface area contributed by atoms with Crippen LogP contribution < -0.4 is 20.3 Å². The van der Waals surface area contributed by atoms with Gasteiger partial charge in [-0.3, -0.25) is 9.59 Å². The van der Waals surface area contributed by atoms with E-state index in [0.717, 1.165) is 5.56 Å². The molecule has 0 aliphatic rings. The third-order valence-corrected chi connectivity index (χ3v) is 4.66. The van der Waals surface area contributed by atoms with Gasteiger partial charge in [0, 0.05) is 19.4 Å². The molecule has 2 aromatic carbocycles. The van der Waals surface area contributed by atoms with E-state index in [2.05, 4.69) is 15.3 Å². The fraction of sp³-hybridized carbons (Fsp3) is 0.318. The minimum Gasteiger partial charge on any atom is -0.493 e. The van der Waals surface area contributed by atoms with Crippen LogP contribution in [-0.2, 0) is 17.6 Å². The van der Waals surface area contributed by atoms with E-state index in [1.165, 1.54) is 0 Å². The van der Waals surface area contributed by atoms with Crippen LogP contribution in [0.4, 0.5) is 0 Å². The molecule has 0 atom stereocenters. The number of para-hydroxylation sites is 1. The number of aryl methyl sites for hydroxylation is 1. The van der Waals surface area contributed by atoms with Gasteiger partial charge in [-0.2, -0.15) is 0 Å². The number of nitrogens with one attached hydrogen (secondary N) is 2. The van der Waals surface area contributed by atoms with Crippen LogP contribution in [0.25, 0.3) is 10.9 Å². The standard InChI is InChI=1S/C22H25N3O4/c1-28-18-11-10-15(14-19(18)29-2)12-13-23-21(26)9-5-8-20-24-17-7-4-3-6-16(17)22(27)25-20/h3-4,6-7,10-11,14H,5,8-9,12-13H2,1-2H3,(H,23,26)(H,24,25,27). The molecule has 0 fully saturated rings. The maximum absolute atomic E-state index is 12.1. The molecule has 1 amide bonds. The zero-order chi connectivity index (χ0) is 20.6. The predicted octanol–water partition coefficient (Wildman–Crippen LogP) is 2.62. The number of fused-ring (bicyclic) bond motifs is 1. The van der Waals surface area contributed by atoms with E-state index in [0.29, 0.717) is 60.5 Å². The van der Waals surface area contributed by atoms with Crippen molar-refractivity contribution in [2.24, 2.45) is 0 Å². The van der Waals surface area contributed by atoms with Crippen LogP contribution in [0.2, 0.25) is 0 Å². The van der Waals surface area contributed by atoms with Crippen LogP contribution in [0.15, 0.2) is 47.3 Å². The van der Waals surface area contributed by atoms with Crippen LogP contribution in [0, 0.1) is 0 Å². The first kappa shape index (κ1) is 20.4. The number of amides is 1. The number of hydrogen-bond acceptors (Lipinski definition) is 5. The number of nitrogens with zero attached hydrogens (tertiary/aromatic N) is 1. The van der Waals surface area contributed by atoms with Gasteiger partial charge in [-0.15, -0.1) is 0 Å². The van der Waals surface area contributed by atoms with Crippen LogP contribution in [0.5, 0.6) is 11.5 Å². The summed E-state index contributed by atoms with van der Waals surface area (Å²) in [5, 5.41) is 3.49. The molecule has 0 aliphatic carbocycles. The molecular formula is C22H25N3O4. The van der Waals surface area contributed by atoms with Crippen LogP contribution in [0.3, 0.4) is 0 Å². The second-order valence-corrected chi connectivity index (χ2v) is 6.67. The van der Waals surface area contributed by atoms with Crippen LogP contribution in [-0.4, -0.2) is 36.6 Å². The lowest BCUT2D eigenvalue weighted by atomic mass is 10.1. The van der Waals surface area contributed by atoms with Crippen molar-refractivity contribution >= 4 is 16.8 Å². The molecule has 0 aliphatic heterocycles. The van der Waals surface area contributed by atoms with Gasteiger partial charge in [0.15, 0.2) is 11.5 Å². The molecule has 0 spiro atoms. The number of hydrogen-bond donors (Lipinski definition) is 2. The highest BCUT2D eigenvalue weighted by Gasteiger charge is 2.07. The van der Waals surface area contributed by atoms with E-state index in [1.54, 1.807) is 20.3 Å². The van der Waals surface area contributed by atoms with E-state index < -0.39 is 0 Å². The van der Waals surface area contributed by atoms with Gasteiger partial charge in [0.05, 0.1) is 25.1 Å². The zero-order valence-electron chi connectivity index (χ0n) is 16.7. The number of aromatic amines is 1. The van der Waals surface area contributed by atoms with E-state index in [1.807, 2.05) is 36.4 Å². The van der Waals surface area contributed by atoms with Crippen LogP contribution >= 0.6 is 0 Å². The average Bonchev–Trinajstić information content (AvgIpc) is 2.73. The molecular weight excluding hydrogens is 370 g/mol. The summed E-state index contributed by atoms with van der Waals surface area (Å²) in [5.41, 5.74) is 1.58. The molecule has 3 aromatic rings. The molecule has 7 nitrogen and oxygen atoms in total. The molecule has 2 N–H and O–H groups in total. The van der Waals surface area contributed by atoms with Gasteiger partial charge < -0.3 is 19.8 Å². The first-order chi connectivity index (χ1) is 14.1. The number of benzene rings is 2. The Morgan fingerprint density at radius 1 is 1.07 bits per heavy atom. The van der Waals surface area contributed by atoms with Gasteiger partial charge in [-0.05, 0) is 42.7 Å². The predicted molar refractivity (Wildman–Crippen MR) is 112 cm³/mol. The van der Waals surface area contributed by atoms with Crippen molar-refractivity contribution in [2.75, 3.05) is 20.8 Å².